The van der Waals surface area contributed by atoms with Gasteiger partial charge in [0.25, 0.3) is 5.91 Å². The Bertz CT molecular complexity index is 503. The summed E-state index contributed by atoms with van der Waals surface area (Å²) in [4.78, 5) is 14.8. The lowest BCUT2D eigenvalue weighted by Crippen LogP contribution is -2.43. The monoisotopic (exact) mass is 293 g/mol. The molecular weight excluding hydrogens is 274 g/mol. The average molecular weight is 294 g/mol. The minimum absolute atomic E-state index is 0. The molecule has 108 valence electrons. The molecule has 0 bridgehead atoms. The van der Waals surface area contributed by atoms with Crippen LogP contribution in [0.15, 0.2) is 35.4 Å². The highest BCUT2D eigenvalue weighted by Gasteiger charge is 2.39. The van der Waals surface area contributed by atoms with Crippen LogP contribution >= 0.6 is 12.4 Å². The van der Waals surface area contributed by atoms with Crippen molar-refractivity contribution in [3.63, 3.8) is 0 Å². The third kappa shape index (κ3) is 2.72. The normalized spacial score (nSPS) is 22.2. The molecule has 1 aromatic rings. The summed E-state index contributed by atoms with van der Waals surface area (Å²) in [5.74, 6) is 0.0995. The van der Waals surface area contributed by atoms with Crippen molar-refractivity contribution >= 4 is 29.7 Å². The Morgan fingerprint density at radius 2 is 2.05 bits per heavy atom. The van der Waals surface area contributed by atoms with E-state index in [9.17, 15) is 4.79 Å². The zero-order valence-corrected chi connectivity index (χ0v) is 12.5. The van der Waals surface area contributed by atoms with Crippen molar-refractivity contribution in [2.75, 3.05) is 24.6 Å². The van der Waals surface area contributed by atoms with Crippen molar-refractivity contribution in [3.8, 4) is 0 Å². The third-order valence-corrected chi connectivity index (χ3v) is 3.80. The van der Waals surface area contributed by atoms with Gasteiger partial charge >= 0.3 is 0 Å². The van der Waals surface area contributed by atoms with Crippen LogP contribution in [0.5, 0.6) is 0 Å². The minimum atomic E-state index is -0.0273. The predicted molar refractivity (Wildman–Crippen MR) is 83.4 cm³/mol. The molecule has 2 aliphatic heterocycles. The number of carbonyl (C=O) groups is 1. The topological polar surface area (TPSA) is 35.9 Å². The van der Waals surface area contributed by atoms with Gasteiger partial charge in [-0.1, -0.05) is 25.1 Å². The lowest BCUT2D eigenvalue weighted by molar-refractivity contribution is -0.120. The van der Waals surface area contributed by atoms with Crippen molar-refractivity contribution in [1.29, 1.82) is 0 Å². The van der Waals surface area contributed by atoms with Gasteiger partial charge in [0.05, 0.1) is 17.3 Å². The molecule has 2 aliphatic rings. The molecule has 0 spiro atoms. The van der Waals surface area contributed by atoms with Crippen molar-refractivity contribution in [1.82, 2.24) is 4.90 Å². The zero-order chi connectivity index (χ0) is 13.2. The Kier molecular flexibility index (Phi) is 4.78. The van der Waals surface area contributed by atoms with Crippen LogP contribution in [0.1, 0.15) is 19.8 Å². The van der Waals surface area contributed by atoms with E-state index in [0.717, 1.165) is 43.9 Å². The number of amides is 1. The lowest BCUT2D eigenvalue weighted by Gasteiger charge is -2.29. The summed E-state index contributed by atoms with van der Waals surface area (Å²) < 4.78 is 0. The fourth-order valence-corrected chi connectivity index (χ4v) is 2.84. The molecule has 2 heterocycles. The molecule has 0 aliphatic carbocycles. The van der Waals surface area contributed by atoms with E-state index in [1.54, 1.807) is 5.01 Å². The molecule has 1 amide bonds. The minimum Gasteiger partial charge on any atom is -0.302 e. The van der Waals surface area contributed by atoms with E-state index in [2.05, 4.69) is 16.9 Å². The van der Waals surface area contributed by atoms with Gasteiger partial charge in [-0.05, 0) is 25.1 Å². The van der Waals surface area contributed by atoms with E-state index in [0.29, 0.717) is 0 Å². The van der Waals surface area contributed by atoms with Crippen LogP contribution in [0.4, 0.5) is 5.69 Å². The number of nitrogens with zero attached hydrogens (tertiary/aromatic N) is 3. The first-order valence-corrected chi connectivity index (χ1v) is 6.98. The van der Waals surface area contributed by atoms with Crippen molar-refractivity contribution in [2.24, 2.45) is 11.0 Å². The average Bonchev–Trinajstić information content (AvgIpc) is 2.78. The molecule has 1 unspecified atom stereocenters. The highest BCUT2D eigenvalue weighted by molar-refractivity contribution is 6.16. The maximum absolute atomic E-state index is 12.5. The molecule has 1 saturated heterocycles. The molecule has 5 heteroatoms. The van der Waals surface area contributed by atoms with E-state index >= 15 is 0 Å². The van der Waals surface area contributed by atoms with Crippen LogP contribution in [0.3, 0.4) is 0 Å². The number of fused-ring (bicyclic) bond motifs is 1. The lowest BCUT2D eigenvalue weighted by atomic mass is 9.95. The van der Waals surface area contributed by atoms with Gasteiger partial charge in [0.15, 0.2) is 0 Å². The van der Waals surface area contributed by atoms with Gasteiger partial charge in [-0.2, -0.15) is 5.10 Å². The third-order valence-electron chi connectivity index (χ3n) is 3.80. The Balaban J connectivity index is 0.00000147. The van der Waals surface area contributed by atoms with Gasteiger partial charge in [-0.15, -0.1) is 12.4 Å². The number of hydrogen-bond acceptors (Lipinski definition) is 3. The van der Waals surface area contributed by atoms with Gasteiger partial charge in [0.2, 0.25) is 0 Å². The second-order valence-corrected chi connectivity index (χ2v) is 5.18. The first-order chi connectivity index (χ1) is 9.29. The van der Waals surface area contributed by atoms with Crippen molar-refractivity contribution < 1.29 is 4.79 Å². The van der Waals surface area contributed by atoms with Gasteiger partial charge in [0, 0.05) is 19.5 Å². The summed E-state index contributed by atoms with van der Waals surface area (Å²) >= 11 is 0. The standard InChI is InChI=1S/C15H19N3O.ClH/c1-2-9-17-10-8-14-13(11-17)15(19)18(16-14)12-6-4-3-5-7-12;/h3-7,13H,2,8-11H2,1H3;1H. The maximum atomic E-state index is 12.5. The number of hydrazone groups is 1. The number of benzene rings is 1. The van der Waals surface area contributed by atoms with E-state index in [4.69, 9.17) is 0 Å². The van der Waals surface area contributed by atoms with Crippen molar-refractivity contribution in [3.05, 3.63) is 30.3 Å². The molecule has 0 saturated carbocycles. The summed E-state index contributed by atoms with van der Waals surface area (Å²) in [6, 6.07) is 9.70. The van der Waals surface area contributed by atoms with Gasteiger partial charge in [0.1, 0.15) is 0 Å². The summed E-state index contributed by atoms with van der Waals surface area (Å²) in [7, 11) is 0. The van der Waals surface area contributed by atoms with Gasteiger partial charge < -0.3 is 4.90 Å². The number of para-hydroxylation sites is 1. The summed E-state index contributed by atoms with van der Waals surface area (Å²) in [5, 5.41) is 6.11. The largest absolute Gasteiger partial charge is 0.302 e. The van der Waals surface area contributed by atoms with E-state index in [-0.39, 0.29) is 24.2 Å². The van der Waals surface area contributed by atoms with E-state index in [1.165, 1.54) is 0 Å². The first kappa shape index (κ1) is 15.0. The number of anilines is 1. The Morgan fingerprint density at radius 1 is 1.30 bits per heavy atom. The molecule has 0 N–H and O–H groups in total. The number of hydrogen-bond donors (Lipinski definition) is 0. The molecule has 20 heavy (non-hydrogen) atoms. The highest BCUT2D eigenvalue weighted by Crippen LogP contribution is 2.27. The number of likely N-dealkylation sites (tertiary alicyclic amines) is 1. The van der Waals surface area contributed by atoms with E-state index < -0.39 is 0 Å². The summed E-state index contributed by atoms with van der Waals surface area (Å²) in [5.41, 5.74) is 1.93. The number of rotatable bonds is 3. The van der Waals surface area contributed by atoms with Crippen LogP contribution < -0.4 is 5.01 Å². The van der Waals surface area contributed by atoms with Crippen LogP contribution in [-0.4, -0.2) is 36.2 Å². The Morgan fingerprint density at radius 3 is 2.75 bits per heavy atom. The highest BCUT2D eigenvalue weighted by atomic mass is 35.5. The second kappa shape index (κ2) is 6.37. The smallest absolute Gasteiger partial charge is 0.257 e. The number of piperidine rings is 1. The fourth-order valence-electron chi connectivity index (χ4n) is 2.84. The van der Waals surface area contributed by atoms with E-state index in [1.807, 2.05) is 30.3 Å². The van der Waals surface area contributed by atoms with Crippen LogP contribution in [-0.2, 0) is 4.79 Å². The zero-order valence-electron chi connectivity index (χ0n) is 11.7. The maximum Gasteiger partial charge on any atom is 0.257 e. The molecular formula is C15H20ClN3O. The SMILES string of the molecule is CCCN1CCC2=NN(c3ccccc3)C(=O)C2C1.Cl. The van der Waals surface area contributed by atoms with Gasteiger partial charge in [-0.3, -0.25) is 4.79 Å². The fraction of sp³-hybridized carbons (Fsp3) is 0.467. The Labute approximate surface area is 125 Å². The molecule has 3 rings (SSSR count). The van der Waals surface area contributed by atoms with Crippen LogP contribution in [0.2, 0.25) is 0 Å². The summed E-state index contributed by atoms with van der Waals surface area (Å²) in [6.07, 6.45) is 2.05. The first-order valence-electron chi connectivity index (χ1n) is 6.98. The predicted octanol–water partition coefficient (Wildman–Crippen LogP) is 2.54. The van der Waals surface area contributed by atoms with Crippen LogP contribution in [0, 0.1) is 5.92 Å². The summed E-state index contributed by atoms with van der Waals surface area (Å²) in [6.45, 7) is 5.10. The molecule has 1 atom stereocenters. The molecule has 4 nitrogen and oxygen atoms in total. The van der Waals surface area contributed by atoms with Crippen molar-refractivity contribution in [2.45, 2.75) is 19.8 Å². The second-order valence-electron chi connectivity index (χ2n) is 5.18. The molecule has 0 aromatic heterocycles. The Hall–Kier alpha value is -1.39. The number of carbonyl (C=O) groups excluding carboxylic acids is 1. The van der Waals surface area contributed by atoms with Gasteiger partial charge in [-0.25, -0.2) is 5.01 Å². The van der Waals surface area contributed by atoms with Crippen LogP contribution in [0.25, 0.3) is 0 Å². The number of halogens is 1. The molecule has 0 radical (unpaired) electrons. The molecule has 1 fully saturated rings. The quantitative estimate of drug-likeness (QED) is 0.858. The molecule has 1 aromatic carbocycles.